The number of amides is 1. The van der Waals surface area contributed by atoms with E-state index >= 15 is 0 Å². The maximum Gasteiger partial charge on any atom is 0.306 e. The normalized spacial score (nSPS) is 9.89. The predicted octanol–water partition coefficient (Wildman–Crippen LogP) is 3.64. The van der Waals surface area contributed by atoms with Crippen LogP contribution in [-0.2, 0) is 14.3 Å². The van der Waals surface area contributed by atoms with E-state index in [4.69, 9.17) is 14.7 Å². The van der Waals surface area contributed by atoms with E-state index in [1.807, 2.05) is 48.5 Å². The van der Waals surface area contributed by atoms with Crippen LogP contribution in [0.5, 0.6) is 5.75 Å². The molecular formula is C20H20N2O4S. The van der Waals surface area contributed by atoms with Gasteiger partial charge in [-0.3, -0.25) is 9.59 Å². The van der Waals surface area contributed by atoms with Gasteiger partial charge in [-0.15, -0.1) is 11.8 Å². The molecule has 0 radical (unpaired) electrons. The highest BCUT2D eigenvalue weighted by Gasteiger charge is 2.10. The topological polar surface area (TPSA) is 88.4 Å². The number of anilines is 1. The molecule has 0 saturated carbocycles. The molecule has 0 bridgehead atoms. The van der Waals surface area contributed by atoms with Crippen LogP contribution in [-0.4, -0.2) is 30.8 Å². The number of nitriles is 1. The Labute approximate surface area is 162 Å². The van der Waals surface area contributed by atoms with E-state index in [-0.39, 0.29) is 18.8 Å². The van der Waals surface area contributed by atoms with Gasteiger partial charge in [0.1, 0.15) is 5.75 Å². The molecule has 2 rings (SSSR count). The van der Waals surface area contributed by atoms with Crippen molar-refractivity contribution in [2.75, 3.05) is 24.3 Å². The summed E-state index contributed by atoms with van der Waals surface area (Å²) in [6.45, 7) is 0.0461. The third-order valence-electron chi connectivity index (χ3n) is 3.35. The number of carbonyl (C=O) groups excluding carboxylic acids is 2. The molecule has 0 aliphatic carbocycles. The highest BCUT2D eigenvalue weighted by molar-refractivity contribution is 7.99. The maximum absolute atomic E-state index is 12.0. The second kappa shape index (κ2) is 11.6. The van der Waals surface area contributed by atoms with Crippen molar-refractivity contribution in [3.05, 3.63) is 54.6 Å². The summed E-state index contributed by atoms with van der Waals surface area (Å²) >= 11 is 1.33. The second-order valence-corrected chi connectivity index (χ2v) is 6.43. The van der Waals surface area contributed by atoms with Gasteiger partial charge in [-0.25, -0.2) is 0 Å². The van der Waals surface area contributed by atoms with Crippen molar-refractivity contribution >= 4 is 29.3 Å². The molecule has 0 saturated heterocycles. The molecular weight excluding hydrogens is 364 g/mol. The molecule has 0 aliphatic heterocycles. The molecule has 1 N–H and O–H groups in total. The summed E-state index contributed by atoms with van der Waals surface area (Å²) in [6.07, 6.45) is 0.678. The highest BCUT2D eigenvalue weighted by Crippen LogP contribution is 2.26. The van der Waals surface area contributed by atoms with Crippen molar-refractivity contribution < 1.29 is 19.1 Å². The van der Waals surface area contributed by atoms with Gasteiger partial charge in [0.2, 0.25) is 0 Å². The Morgan fingerprint density at radius 1 is 1.07 bits per heavy atom. The lowest BCUT2D eigenvalue weighted by molar-refractivity contribution is -0.147. The van der Waals surface area contributed by atoms with E-state index in [9.17, 15) is 9.59 Å². The van der Waals surface area contributed by atoms with Gasteiger partial charge in [0, 0.05) is 11.3 Å². The van der Waals surface area contributed by atoms with Crippen LogP contribution in [0.15, 0.2) is 59.5 Å². The Balaban J connectivity index is 1.66. The molecule has 0 atom stereocenters. The van der Waals surface area contributed by atoms with Crippen LogP contribution in [0.3, 0.4) is 0 Å². The number of para-hydroxylation sites is 2. The lowest BCUT2D eigenvalue weighted by atomic mass is 10.3. The van der Waals surface area contributed by atoms with Crippen molar-refractivity contribution in [3.63, 3.8) is 0 Å². The Morgan fingerprint density at radius 3 is 2.59 bits per heavy atom. The molecule has 1 amide bonds. The van der Waals surface area contributed by atoms with E-state index in [0.717, 1.165) is 10.6 Å². The first-order chi connectivity index (χ1) is 13.2. The van der Waals surface area contributed by atoms with E-state index < -0.39 is 11.9 Å². The van der Waals surface area contributed by atoms with Gasteiger partial charge in [-0.05, 0) is 30.7 Å². The van der Waals surface area contributed by atoms with Gasteiger partial charge in [0.15, 0.2) is 6.61 Å². The summed E-state index contributed by atoms with van der Waals surface area (Å²) < 4.78 is 10.5. The van der Waals surface area contributed by atoms with Gasteiger partial charge in [0.25, 0.3) is 5.91 Å². The second-order valence-electron chi connectivity index (χ2n) is 5.42. The number of thioether (sulfide) groups is 1. The largest absolute Gasteiger partial charge is 0.494 e. The van der Waals surface area contributed by atoms with Gasteiger partial charge in [-0.1, -0.05) is 30.3 Å². The standard InChI is InChI=1S/C20H20N2O4S/c21-12-14-27-18-10-5-4-9-17(18)22-19(23)15-26-20(24)11-6-13-25-16-7-2-1-3-8-16/h1-5,7-10H,6,11,13-15H2,(H,22,23). The summed E-state index contributed by atoms with van der Waals surface area (Å²) in [5.74, 6) is 0.161. The third kappa shape index (κ3) is 7.84. The van der Waals surface area contributed by atoms with Gasteiger partial charge < -0.3 is 14.8 Å². The zero-order valence-corrected chi connectivity index (χ0v) is 15.5. The van der Waals surface area contributed by atoms with Crippen molar-refractivity contribution in [3.8, 4) is 11.8 Å². The van der Waals surface area contributed by atoms with Crippen molar-refractivity contribution in [2.45, 2.75) is 17.7 Å². The zero-order valence-electron chi connectivity index (χ0n) is 14.7. The molecule has 0 spiro atoms. The zero-order chi connectivity index (χ0) is 19.3. The number of esters is 1. The minimum absolute atomic E-state index is 0.175. The first-order valence-electron chi connectivity index (χ1n) is 8.41. The quantitative estimate of drug-likeness (QED) is 0.382. The molecule has 0 unspecified atom stereocenters. The van der Waals surface area contributed by atoms with Gasteiger partial charge in [0.05, 0.1) is 24.1 Å². The lowest BCUT2D eigenvalue weighted by Crippen LogP contribution is -2.21. The molecule has 7 heteroatoms. The Bertz CT molecular complexity index is 790. The van der Waals surface area contributed by atoms with E-state index in [1.165, 1.54) is 11.8 Å². The fraction of sp³-hybridized carbons (Fsp3) is 0.250. The lowest BCUT2D eigenvalue weighted by Gasteiger charge is -2.10. The van der Waals surface area contributed by atoms with Crippen LogP contribution in [0.25, 0.3) is 0 Å². The summed E-state index contributed by atoms with van der Waals surface area (Å²) in [7, 11) is 0. The number of carbonyl (C=O) groups is 2. The van der Waals surface area contributed by atoms with Crippen LogP contribution >= 0.6 is 11.8 Å². The molecule has 6 nitrogen and oxygen atoms in total. The van der Waals surface area contributed by atoms with Crippen molar-refractivity contribution in [1.82, 2.24) is 0 Å². The smallest absolute Gasteiger partial charge is 0.306 e. The van der Waals surface area contributed by atoms with Crippen LogP contribution in [0, 0.1) is 11.3 Å². The fourth-order valence-corrected chi connectivity index (χ4v) is 2.80. The average Bonchev–Trinajstić information content (AvgIpc) is 2.70. The minimum Gasteiger partial charge on any atom is -0.494 e. The molecule has 2 aromatic carbocycles. The number of benzene rings is 2. The fourth-order valence-electron chi connectivity index (χ4n) is 2.13. The average molecular weight is 384 g/mol. The molecule has 0 aliphatic rings. The van der Waals surface area contributed by atoms with Crippen LogP contribution in [0.2, 0.25) is 0 Å². The van der Waals surface area contributed by atoms with Crippen molar-refractivity contribution in [2.24, 2.45) is 0 Å². The number of hydrogen-bond acceptors (Lipinski definition) is 6. The summed E-state index contributed by atoms with van der Waals surface area (Å²) in [5.41, 5.74) is 0.593. The monoisotopic (exact) mass is 384 g/mol. The SMILES string of the molecule is N#CCSc1ccccc1NC(=O)COC(=O)CCCOc1ccccc1. The van der Waals surface area contributed by atoms with Crippen LogP contribution < -0.4 is 10.1 Å². The minimum atomic E-state index is -0.450. The van der Waals surface area contributed by atoms with Crippen LogP contribution in [0.1, 0.15) is 12.8 Å². The first-order valence-corrected chi connectivity index (χ1v) is 9.39. The Morgan fingerprint density at radius 2 is 1.81 bits per heavy atom. The summed E-state index contributed by atoms with van der Waals surface area (Å²) in [4.78, 5) is 24.5. The summed E-state index contributed by atoms with van der Waals surface area (Å²) in [5, 5.41) is 11.4. The van der Waals surface area contributed by atoms with Crippen molar-refractivity contribution in [1.29, 1.82) is 5.26 Å². The number of ether oxygens (including phenoxy) is 2. The predicted molar refractivity (Wildman–Crippen MR) is 104 cm³/mol. The van der Waals surface area contributed by atoms with E-state index in [2.05, 4.69) is 5.32 Å². The number of hydrogen-bond donors (Lipinski definition) is 1. The van der Waals surface area contributed by atoms with Gasteiger partial charge in [-0.2, -0.15) is 5.26 Å². The Hall–Kier alpha value is -2.98. The molecule has 0 aromatic heterocycles. The molecule has 27 heavy (non-hydrogen) atoms. The highest BCUT2D eigenvalue weighted by atomic mass is 32.2. The molecule has 140 valence electrons. The number of nitrogens with one attached hydrogen (secondary N) is 1. The van der Waals surface area contributed by atoms with Crippen LogP contribution in [0.4, 0.5) is 5.69 Å². The third-order valence-corrected chi connectivity index (χ3v) is 4.30. The summed E-state index contributed by atoms with van der Waals surface area (Å²) in [6, 6.07) is 18.5. The number of nitrogens with zero attached hydrogens (tertiary/aromatic N) is 1. The first kappa shape index (κ1) is 20.3. The number of rotatable bonds is 10. The van der Waals surface area contributed by atoms with E-state index in [0.29, 0.717) is 18.7 Å². The maximum atomic E-state index is 12.0. The van der Waals surface area contributed by atoms with Gasteiger partial charge >= 0.3 is 5.97 Å². The molecule has 2 aromatic rings. The molecule has 0 heterocycles. The molecule has 0 fully saturated rings. The Kier molecular flexibility index (Phi) is 8.74. The van der Waals surface area contributed by atoms with E-state index in [1.54, 1.807) is 12.1 Å².